The van der Waals surface area contributed by atoms with Gasteiger partial charge in [0.05, 0.1) is 11.8 Å². The number of benzene rings is 1. The normalized spacial score (nSPS) is 9.70. The Kier molecular flexibility index (Phi) is 4.59. The molecule has 1 N–H and O–H groups in total. The molecule has 2 rings (SSSR count). The molecule has 1 aromatic carbocycles. The van der Waals surface area contributed by atoms with Crippen LogP contribution in [0, 0.1) is 11.8 Å². The average molecular weight is 269 g/mol. The number of furan rings is 1. The highest BCUT2D eigenvalue weighted by atomic mass is 16.3. The van der Waals surface area contributed by atoms with E-state index in [0.717, 1.165) is 11.1 Å². The predicted molar refractivity (Wildman–Crippen MR) is 74.9 cm³/mol. The van der Waals surface area contributed by atoms with E-state index in [9.17, 15) is 4.79 Å². The third kappa shape index (κ3) is 3.50. The lowest BCUT2D eigenvalue weighted by Crippen LogP contribution is -2.25. The molecule has 0 saturated heterocycles. The van der Waals surface area contributed by atoms with E-state index in [0.29, 0.717) is 12.1 Å². The highest BCUT2D eigenvalue weighted by Gasteiger charge is 2.12. The standard InChI is InChI=1S/C16H15NO3/c1-17(16(19)15-7-9-20-12-15)11-14-5-2-4-13(10-14)6-3-8-18/h2,4-5,7,9-10,12,18H,8,11H2,1H3. The van der Waals surface area contributed by atoms with E-state index >= 15 is 0 Å². The molecule has 20 heavy (non-hydrogen) atoms. The van der Waals surface area contributed by atoms with E-state index < -0.39 is 0 Å². The fourth-order valence-electron chi connectivity index (χ4n) is 1.84. The van der Waals surface area contributed by atoms with Gasteiger partial charge in [0.25, 0.3) is 5.91 Å². The van der Waals surface area contributed by atoms with Gasteiger partial charge in [0.1, 0.15) is 12.9 Å². The maximum atomic E-state index is 12.1. The molecule has 0 aliphatic carbocycles. The minimum Gasteiger partial charge on any atom is -0.472 e. The summed E-state index contributed by atoms with van der Waals surface area (Å²) in [5.41, 5.74) is 2.33. The Labute approximate surface area is 117 Å². The number of rotatable bonds is 3. The Morgan fingerprint density at radius 2 is 2.25 bits per heavy atom. The van der Waals surface area contributed by atoms with Gasteiger partial charge in [-0.15, -0.1) is 0 Å². The molecule has 1 heterocycles. The Morgan fingerprint density at radius 1 is 1.40 bits per heavy atom. The maximum absolute atomic E-state index is 12.1. The molecule has 1 aromatic heterocycles. The van der Waals surface area contributed by atoms with Crippen molar-refractivity contribution in [2.24, 2.45) is 0 Å². The summed E-state index contributed by atoms with van der Waals surface area (Å²) in [6.07, 6.45) is 2.91. The molecule has 102 valence electrons. The van der Waals surface area contributed by atoms with Crippen LogP contribution in [0.15, 0.2) is 47.3 Å². The van der Waals surface area contributed by atoms with Crippen LogP contribution in [0.2, 0.25) is 0 Å². The summed E-state index contributed by atoms with van der Waals surface area (Å²) in [4.78, 5) is 13.7. The monoisotopic (exact) mass is 269 g/mol. The van der Waals surface area contributed by atoms with Crippen LogP contribution in [0.5, 0.6) is 0 Å². The van der Waals surface area contributed by atoms with Gasteiger partial charge < -0.3 is 14.4 Å². The predicted octanol–water partition coefficient (Wildman–Crippen LogP) is 1.90. The molecule has 1 amide bonds. The topological polar surface area (TPSA) is 53.7 Å². The van der Waals surface area contributed by atoms with Crippen LogP contribution >= 0.6 is 0 Å². The number of amides is 1. The summed E-state index contributed by atoms with van der Waals surface area (Å²) in [6, 6.07) is 9.23. The molecule has 0 aliphatic heterocycles. The van der Waals surface area contributed by atoms with Gasteiger partial charge in [0.15, 0.2) is 0 Å². The number of nitrogens with zero attached hydrogens (tertiary/aromatic N) is 1. The Hall–Kier alpha value is -2.51. The van der Waals surface area contributed by atoms with Gasteiger partial charge in [-0.1, -0.05) is 24.0 Å². The highest BCUT2D eigenvalue weighted by molar-refractivity contribution is 5.93. The number of aliphatic hydroxyl groups is 1. The van der Waals surface area contributed by atoms with E-state index in [1.54, 1.807) is 18.0 Å². The van der Waals surface area contributed by atoms with Crippen LogP contribution in [0.3, 0.4) is 0 Å². The van der Waals surface area contributed by atoms with E-state index in [1.165, 1.54) is 12.5 Å². The van der Waals surface area contributed by atoms with Crippen molar-refractivity contribution in [3.63, 3.8) is 0 Å². The lowest BCUT2D eigenvalue weighted by molar-refractivity contribution is 0.0784. The first-order valence-corrected chi connectivity index (χ1v) is 6.17. The lowest BCUT2D eigenvalue weighted by atomic mass is 10.1. The van der Waals surface area contributed by atoms with E-state index in [4.69, 9.17) is 9.52 Å². The molecule has 0 spiro atoms. The Morgan fingerprint density at radius 3 is 2.95 bits per heavy atom. The van der Waals surface area contributed by atoms with E-state index in [2.05, 4.69) is 11.8 Å². The molecule has 0 unspecified atom stereocenters. The van der Waals surface area contributed by atoms with E-state index in [-0.39, 0.29) is 12.5 Å². The SMILES string of the molecule is CN(Cc1cccc(C#CCO)c1)C(=O)c1ccoc1. The molecule has 0 aliphatic rings. The second-order valence-corrected chi connectivity index (χ2v) is 4.33. The van der Waals surface area contributed by atoms with Crippen molar-refractivity contribution in [3.8, 4) is 11.8 Å². The first-order chi connectivity index (χ1) is 9.70. The van der Waals surface area contributed by atoms with Gasteiger partial charge in [-0.25, -0.2) is 0 Å². The first kappa shape index (κ1) is 13.9. The summed E-state index contributed by atoms with van der Waals surface area (Å²) < 4.78 is 4.91. The van der Waals surface area contributed by atoms with Gasteiger partial charge >= 0.3 is 0 Å². The van der Waals surface area contributed by atoms with Crippen LogP contribution in [-0.4, -0.2) is 29.6 Å². The zero-order valence-corrected chi connectivity index (χ0v) is 11.2. The van der Waals surface area contributed by atoms with Crippen molar-refractivity contribution < 1.29 is 14.3 Å². The van der Waals surface area contributed by atoms with Gasteiger partial charge in [0.2, 0.25) is 0 Å². The fourth-order valence-corrected chi connectivity index (χ4v) is 1.84. The van der Waals surface area contributed by atoms with E-state index in [1.807, 2.05) is 24.3 Å². The van der Waals surface area contributed by atoms with Crippen molar-refractivity contribution in [1.29, 1.82) is 0 Å². The molecule has 0 saturated carbocycles. The molecular formula is C16H15NO3. The number of hydrogen-bond acceptors (Lipinski definition) is 3. The van der Waals surface area contributed by atoms with Crippen molar-refractivity contribution in [2.75, 3.05) is 13.7 Å². The largest absolute Gasteiger partial charge is 0.472 e. The average Bonchev–Trinajstić information content (AvgIpc) is 2.98. The third-order valence-electron chi connectivity index (χ3n) is 2.77. The van der Waals surface area contributed by atoms with Gasteiger partial charge in [-0.3, -0.25) is 4.79 Å². The number of carbonyl (C=O) groups is 1. The van der Waals surface area contributed by atoms with Gasteiger partial charge in [-0.05, 0) is 23.8 Å². The number of carbonyl (C=O) groups excluding carboxylic acids is 1. The zero-order chi connectivity index (χ0) is 14.4. The number of aliphatic hydroxyl groups excluding tert-OH is 1. The summed E-state index contributed by atoms with van der Waals surface area (Å²) in [5.74, 6) is 5.36. The molecule has 4 heteroatoms. The summed E-state index contributed by atoms with van der Waals surface area (Å²) in [5, 5.41) is 8.69. The zero-order valence-electron chi connectivity index (χ0n) is 11.2. The van der Waals surface area contributed by atoms with Gasteiger partial charge in [-0.2, -0.15) is 0 Å². The third-order valence-corrected chi connectivity index (χ3v) is 2.77. The van der Waals surface area contributed by atoms with Crippen molar-refractivity contribution in [3.05, 3.63) is 59.5 Å². The summed E-state index contributed by atoms with van der Waals surface area (Å²) >= 11 is 0. The molecule has 2 aromatic rings. The van der Waals surface area contributed by atoms with Crippen LogP contribution in [0.4, 0.5) is 0 Å². The Balaban J connectivity index is 2.08. The minimum atomic E-state index is -0.164. The molecule has 0 radical (unpaired) electrons. The maximum Gasteiger partial charge on any atom is 0.257 e. The van der Waals surface area contributed by atoms with Crippen molar-refractivity contribution in [2.45, 2.75) is 6.54 Å². The minimum absolute atomic E-state index is 0.0920. The molecule has 0 fully saturated rings. The molecular weight excluding hydrogens is 254 g/mol. The Bertz CT molecular complexity index is 635. The fraction of sp³-hybridized carbons (Fsp3) is 0.188. The van der Waals surface area contributed by atoms with Crippen molar-refractivity contribution in [1.82, 2.24) is 4.90 Å². The van der Waals surface area contributed by atoms with Crippen LogP contribution < -0.4 is 0 Å². The highest BCUT2D eigenvalue weighted by Crippen LogP contribution is 2.10. The van der Waals surface area contributed by atoms with Crippen molar-refractivity contribution >= 4 is 5.91 Å². The first-order valence-electron chi connectivity index (χ1n) is 6.17. The van der Waals surface area contributed by atoms with Gasteiger partial charge in [0, 0.05) is 19.2 Å². The summed E-state index contributed by atoms with van der Waals surface area (Å²) in [7, 11) is 1.74. The smallest absolute Gasteiger partial charge is 0.257 e. The second-order valence-electron chi connectivity index (χ2n) is 4.33. The summed E-state index contributed by atoms with van der Waals surface area (Å²) in [6.45, 7) is 0.321. The molecule has 4 nitrogen and oxygen atoms in total. The van der Waals surface area contributed by atoms with Crippen LogP contribution in [0.25, 0.3) is 0 Å². The van der Waals surface area contributed by atoms with Crippen LogP contribution in [-0.2, 0) is 6.54 Å². The van der Waals surface area contributed by atoms with Crippen LogP contribution in [0.1, 0.15) is 21.5 Å². The lowest BCUT2D eigenvalue weighted by Gasteiger charge is -2.16. The molecule has 0 atom stereocenters. The number of hydrogen-bond donors (Lipinski definition) is 1. The quantitative estimate of drug-likeness (QED) is 0.866. The second kappa shape index (κ2) is 6.60. The molecule has 0 bridgehead atoms.